The number of amides is 1. The molecule has 2 bridgehead atoms. The van der Waals surface area contributed by atoms with Crippen LogP contribution in [0, 0.1) is 11.8 Å². The van der Waals surface area contributed by atoms with E-state index < -0.39 is 6.09 Å². The van der Waals surface area contributed by atoms with Gasteiger partial charge in [-0.1, -0.05) is 30.3 Å². The molecule has 6 heteroatoms. The van der Waals surface area contributed by atoms with E-state index in [1.807, 2.05) is 30.3 Å². The van der Waals surface area contributed by atoms with Crippen molar-refractivity contribution in [3.8, 4) is 10.4 Å². The fourth-order valence-electron chi connectivity index (χ4n) is 4.21. The molecule has 5 nitrogen and oxygen atoms in total. The first-order valence-electron chi connectivity index (χ1n) is 8.89. The zero-order chi connectivity index (χ0) is 17.3. The van der Waals surface area contributed by atoms with E-state index in [-0.39, 0.29) is 0 Å². The maximum atomic E-state index is 12.2. The molecule has 3 aliphatic heterocycles. The van der Waals surface area contributed by atoms with Crippen LogP contribution in [0.4, 0.5) is 10.6 Å². The number of ether oxygens (including phenoxy) is 1. The molecule has 3 saturated heterocycles. The van der Waals surface area contributed by atoms with Crippen LogP contribution in [0.15, 0.2) is 35.8 Å². The molecule has 5 rings (SSSR count). The van der Waals surface area contributed by atoms with Crippen molar-refractivity contribution in [2.45, 2.75) is 12.8 Å². The summed E-state index contributed by atoms with van der Waals surface area (Å²) in [6.45, 7) is 4.18. The Morgan fingerprint density at radius 3 is 2.80 bits per heavy atom. The molecule has 1 unspecified atom stereocenters. The molecule has 1 amide bonds. The summed E-state index contributed by atoms with van der Waals surface area (Å²) >= 11 is 1.52. The quantitative estimate of drug-likeness (QED) is 0.845. The van der Waals surface area contributed by atoms with E-state index in [2.05, 4.69) is 17.3 Å². The van der Waals surface area contributed by atoms with Crippen LogP contribution < -0.4 is 5.32 Å². The molecule has 2 aromatic rings. The summed E-state index contributed by atoms with van der Waals surface area (Å²) in [7, 11) is 2.32. The third kappa shape index (κ3) is 3.55. The molecule has 1 N–H and O–H groups in total. The van der Waals surface area contributed by atoms with E-state index in [0.29, 0.717) is 24.3 Å². The number of nitrogens with one attached hydrogen (secondary N) is 1. The van der Waals surface area contributed by atoms with Gasteiger partial charge in [0.05, 0.1) is 37.1 Å². The van der Waals surface area contributed by atoms with Crippen LogP contribution in [0.2, 0.25) is 0 Å². The fraction of sp³-hybridized carbons (Fsp3) is 0.474. The lowest BCUT2D eigenvalue weighted by Crippen LogP contribution is -2.60. The molecular formula is C19H24N3O2S+. The number of rotatable bonds is 4. The number of piperidine rings is 3. The molecule has 0 spiro atoms. The van der Waals surface area contributed by atoms with Gasteiger partial charge in [-0.15, -0.1) is 11.3 Å². The van der Waals surface area contributed by atoms with Crippen molar-refractivity contribution in [1.82, 2.24) is 4.98 Å². The molecule has 0 aliphatic carbocycles. The van der Waals surface area contributed by atoms with E-state index in [4.69, 9.17) is 4.74 Å². The highest BCUT2D eigenvalue weighted by Gasteiger charge is 2.43. The topological polar surface area (TPSA) is 51.2 Å². The van der Waals surface area contributed by atoms with Gasteiger partial charge in [0.15, 0.2) is 5.82 Å². The van der Waals surface area contributed by atoms with Gasteiger partial charge in [0.2, 0.25) is 0 Å². The Labute approximate surface area is 152 Å². The van der Waals surface area contributed by atoms with Gasteiger partial charge < -0.3 is 9.22 Å². The van der Waals surface area contributed by atoms with Crippen molar-refractivity contribution in [3.63, 3.8) is 0 Å². The molecule has 4 heterocycles. The second kappa shape index (κ2) is 6.77. The lowest BCUT2D eigenvalue weighted by Gasteiger charge is -2.50. The van der Waals surface area contributed by atoms with E-state index in [1.165, 1.54) is 37.3 Å². The van der Waals surface area contributed by atoms with Gasteiger partial charge in [-0.25, -0.2) is 9.78 Å². The van der Waals surface area contributed by atoms with Crippen molar-refractivity contribution < 1.29 is 14.0 Å². The first-order chi connectivity index (χ1) is 12.1. The molecule has 132 valence electrons. The van der Waals surface area contributed by atoms with Gasteiger partial charge in [-0.3, -0.25) is 5.32 Å². The molecule has 0 radical (unpaired) electrons. The van der Waals surface area contributed by atoms with Crippen LogP contribution in [-0.2, 0) is 4.74 Å². The molecule has 1 aromatic carbocycles. The highest BCUT2D eigenvalue weighted by atomic mass is 32.1. The summed E-state index contributed by atoms with van der Waals surface area (Å²) in [6.07, 6.45) is 2.12. The van der Waals surface area contributed by atoms with Gasteiger partial charge in [-0.05, 0) is 11.5 Å². The van der Waals surface area contributed by atoms with Crippen LogP contribution in [0.5, 0.6) is 0 Å². The normalized spacial score (nSPS) is 27.9. The average Bonchev–Trinajstić information content (AvgIpc) is 3.09. The zero-order valence-electron chi connectivity index (χ0n) is 14.5. The summed E-state index contributed by atoms with van der Waals surface area (Å²) in [4.78, 5) is 17.5. The van der Waals surface area contributed by atoms with Crippen LogP contribution in [0.25, 0.3) is 10.4 Å². The first-order valence-corrected chi connectivity index (χ1v) is 9.77. The number of nitrogens with zero attached hydrogens (tertiary/aromatic N) is 2. The Bertz CT molecular complexity index is 738. The molecule has 25 heavy (non-hydrogen) atoms. The molecule has 0 saturated carbocycles. The Morgan fingerprint density at radius 2 is 2.08 bits per heavy atom. The third-order valence-electron chi connectivity index (χ3n) is 5.67. The second-order valence-corrected chi connectivity index (χ2v) is 8.32. The Morgan fingerprint density at radius 1 is 1.32 bits per heavy atom. The van der Waals surface area contributed by atoms with Crippen LogP contribution in [0.1, 0.15) is 12.8 Å². The van der Waals surface area contributed by atoms with E-state index in [0.717, 1.165) is 21.5 Å². The highest BCUT2D eigenvalue weighted by molar-refractivity contribution is 7.13. The van der Waals surface area contributed by atoms with Gasteiger partial charge in [0.1, 0.15) is 6.61 Å². The Kier molecular flexibility index (Phi) is 4.48. The van der Waals surface area contributed by atoms with Crippen LogP contribution >= 0.6 is 11.3 Å². The van der Waals surface area contributed by atoms with Crippen molar-refractivity contribution in [2.24, 2.45) is 11.8 Å². The average molecular weight is 358 g/mol. The molecule has 3 aliphatic rings. The highest BCUT2D eigenvalue weighted by Crippen LogP contribution is 2.36. The lowest BCUT2D eigenvalue weighted by molar-refractivity contribution is -0.929. The number of carbonyl (C=O) groups is 1. The van der Waals surface area contributed by atoms with Gasteiger partial charge in [0.25, 0.3) is 0 Å². The fourth-order valence-corrected chi connectivity index (χ4v) is 4.97. The van der Waals surface area contributed by atoms with E-state index >= 15 is 0 Å². The molecule has 1 atom stereocenters. The van der Waals surface area contributed by atoms with Gasteiger partial charge in [0, 0.05) is 18.8 Å². The van der Waals surface area contributed by atoms with Crippen molar-refractivity contribution in [3.05, 3.63) is 35.8 Å². The minimum absolute atomic E-state index is 0.401. The van der Waals surface area contributed by atoms with Crippen LogP contribution in [-0.4, -0.2) is 48.8 Å². The predicted molar refractivity (Wildman–Crippen MR) is 99.5 cm³/mol. The minimum atomic E-state index is -0.401. The van der Waals surface area contributed by atoms with Gasteiger partial charge in [-0.2, -0.15) is 0 Å². The maximum absolute atomic E-state index is 12.2. The first kappa shape index (κ1) is 16.5. The standard InChI is InChI=1S/C19H23N3O2S/c1-22-9-7-14(8-10-22)16(11-22)12-24-19(23)21-18-17(25-13-20-18)15-5-3-2-4-6-15/h2-6,13-14,16H,7-12H2,1H3/p+1. The summed E-state index contributed by atoms with van der Waals surface area (Å²) in [5, 5.41) is 2.82. The van der Waals surface area contributed by atoms with E-state index in [9.17, 15) is 4.79 Å². The lowest BCUT2D eigenvalue weighted by atomic mass is 9.78. The SMILES string of the molecule is C[N+]12CCC(CC1)C(COC(=O)Nc1ncsc1-c1ccccc1)C2. The predicted octanol–water partition coefficient (Wildman–Crippen LogP) is 3.85. The number of hydrogen-bond donors (Lipinski definition) is 1. The largest absolute Gasteiger partial charge is 0.449 e. The van der Waals surface area contributed by atoms with Gasteiger partial charge >= 0.3 is 6.09 Å². The minimum Gasteiger partial charge on any atom is -0.449 e. The number of hydrogen-bond acceptors (Lipinski definition) is 4. The Balaban J connectivity index is 1.35. The summed E-state index contributed by atoms with van der Waals surface area (Å²) in [5.41, 5.74) is 2.80. The summed E-state index contributed by atoms with van der Waals surface area (Å²) in [6, 6.07) is 9.97. The summed E-state index contributed by atoms with van der Waals surface area (Å²) < 4.78 is 6.68. The smallest absolute Gasteiger partial charge is 0.412 e. The molecule has 1 aromatic heterocycles. The number of quaternary nitrogens is 1. The third-order valence-corrected chi connectivity index (χ3v) is 6.55. The molecular weight excluding hydrogens is 334 g/mol. The number of fused-ring (bicyclic) bond motifs is 3. The monoisotopic (exact) mass is 358 g/mol. The van der Waals surface area contributed by atoms with Crippen molar-refractivity contribution in [1.29, 1.82) is 0 Å². The van der Waals surface area contributed by atoms with E-state index in [1.54, 1.807) is 5.51 Å². The summed E-state index contributed by atoms with van der Waals surface area (Å²) in [5.74, 6) is 1.78. The molecule has 3 fully saturated rings. The zero-order valence-corrected chi connectivity index (χ0v) is 15.3. The Hall–Kier alpha value is -1.92. The maximum Gasteiger partial charge on any atom is 0.412 e. The number of aromatic nitrogens is 1. The second-order valence-electron chi connectivity index (χ2n) is 7.47. The number of benzene rings is 1. The van der Waals surface area contributed by atoms with Crippen LogP contribution in [0.3, 0.4) is 0 Å². The number of carbonyl (C=O) groups excluding carboxylic acids is 1. The number of anilines is 1. The van der Waals surface area contributed by atoms with Crippen molar-refractivity contribution >= 4 is 23.2 Å². The number of thiazole rings is 1. The van der Waals surface area contributed by atoms with Crippen molar-refractivity contribution in [2.75, 3.05) is 38.6 Å².